The quantitative estimate of drug-likeness (QED) is 0.737. The fourth-order valence-corrected chi connectivity index (χ4v) is 2.12. The highest BCUT2D eigenvalue weighted by Gasteiger charge is 2.30. The summed E-state index contributed by atoms with van der Waals surface area (Å²) >= 11 is 0. The van der Waals surface area contributed by atoms with E-state index in [0.29, 0.717) is 5.69 Å². The summed E-state index contributed by atoms with van der Waals surface area (Å²) in [7, 11) is 0. The average Bonchev–Trinajstić information content (AvgIpc) is 3.16. The van der Waals surface area contributed by atoms with Gasteiger partial charge in [-0.05, 0) is 34.7 Å². The van der Waals surface area contributed by atoms with Gasteiger partial charge in [0.1, 0.15) is 12.0 Å². The minimum atomic E-state index is -4.42. The van der Waals surface area contributed by atoms with Gasteiger partial charge in [-0.1, -0.05) is 0 Å². The van der Waals surface area contributed by atoms with E-state index < -0.39 is 17.6 Å². The van der Waals surface area contributed by atoms with Gasteiger partial charge < -0.3 is 5.32 Å². The summed E-state index contributed by atoms with van der Waals surface area (Å²) in [5, 5.41) is 13.3. The Hall–Kier alpha value is -3.37. The van der Waals surface area contributed by atoms with E-state index in [4.69, 9.17) is 0 Å². The molecule has 8 nitrogen and oxygen atoms in total. The molecule has 0 radical (unpaired) electrons. The van der Waals surface area contributed by atoms with Crippen LogP contribution in [0.5, 0.6) is 0 Å². The Morgan fingerprint density at radius 2 is 2.04 bits per heavy atom. The Balaban J connectivity index is 1.56. The van der Waals surface area contributed by atoms with Gasteiger partial charge in [-0.25, -0.2) is 4.98 Å². The van der Waals surface area contributed by atoms with Crippen molar-refractivity contribution in [3.63, 3.8) is 0 Å². The normalized spacial score (nSPS) is 11.3. The van der Waals surface area contributed by atoms with E-state index in [1.807, 2.05) is 0 Å². The highest BCUT2D eigenvalue weighted by atomic mass is 19.4. The van der Waals surface area contributed by atoms with Crippen molar-refractivity contribution in [2.75, 3.05) is 6.54 Å². The van der Waals surface area contributed by atoms with Crippen molar-refractivity contribution >= 4 is 5.91 Å². The van der Waals surface area contributed by atoms with E-state index in [0.717, 1.165) is 18.3 Å². The molecule has 0 aromatic carbocycles. The summed E-state index contributed by atoms with van der Waals surface area (Å²) in [4.78, 5) is 19.9. The summed E-state index contributed by atoms with van der Waals surface area (Å²) in [6.07, 6.45) is -0.345. The summed E-state index contributed by atoms with van der Waals surface area (Å²) in [5.41, 5.74) is 0.217. The second kappa shape index (κ2) is 7.25. The maximum Gasteiger partial charge on any atom is 0.416 e. The number of rotatable bonds is 5. The summed E-state index contributed by atoms with van der Waals surface area (Å²) in [5.74, 6) is -0.444. The van der Waals surface area contributed by atoms with Crippen LogP contribution in [0, 0.1) is 0 Å². The molecule has 0 unspecified atom stereocenters. The lowest BCUT2D eigenvalue weighted by Crippen LogP contribution is -2.26. The van der Waals surface area contributed by atoms with Crippen LogP contribution in [0.3, 0.4) is 0 Å². The largest absolute Gasteiger partial charge is 0.416 e. The van der Waals surface area contributed by atoms with Crippen LogP contribution in [0.4, 0.5) is 13.2 Å². The molecule has 3 aromatic rings. The average molecular weight is 363 g/mol. The SMILES string of the molecule is O=C(NCCc1cc(C(F)(F)F)ccn1)c1ccc(-n2cnnn2)cn1. The lowest BCUT2D eigenvalue weighted by molar-refractivity contribution is -0.137. The predicted octanol–water partition coefficient (Wildman–Crippen LogP) is 1.44. The molecule has 3 aromatic heterocycles. The zero-order chi connectivity index (χ0) is 18.6. The van der Waals surface area contributed by atoms with E-state index in [9.17, 15) is 18.0 Å². The Morgan fingerprint density at radius 1 is 1.19 bits per heavy atom. The van der Waals surface area contributed by atoms with Gasteiger partial charge in [0, 0.05) is 24.9 Å². The van der Waals surface area contributed by atoms with Gasteiger partial charge in [0.25, 0.3) is 5.91 Å². The molecule has 3 rings (SSSR count). The van der Waals surface area contributed by atoms with Crippen LogP contribution in [0.15, 0.2) is 43.0 Å². The number of nitrogens with one attached hydrogen (secondary N) is 1. The molecular weight excluding hydrogens is 351 g/mol. The van der Waals surface area contributed by atoms with E-state index in [1.165, 1.54) is 23.3 Å². The highest BCUT2D eigenvalue weighted by Crippen LogP contribution is 2.28. The Labute approximate surface area is 145 Å². The van der Waals surface area contributed by atoms with Gasteiger partial charge in [-0.15, -0.1) is 5.10 Å². The van der Waals surface area contributed by atoms with E-state index in [2.05, 4.69) is 30.8 Å². The van der Waals surface area contributed by atoms with Crippen molar-refractivity contribution in [2.45, 2.75) is 12.6 Å². The summed E-state index contributed by atoms with van der Waals surface area (Å²) in [6, 6.07) is 4.98. The summed E-state index contributed by atoms with van der Waals surface area (Å²) < 4.78 is 39.3. The lowest BCUT2D eigenvalue weighted by atomic mass is 10.2. The van der Waals surface area contributed by atoms with Gasteiger partial charge >= 0.3 is 6.18 Å². The van der Waals surface area contributed by atoms with Crippen LogP contribution in [0.25, 0.3) is 5.69 Å². The molecular formula is C15H12F3N7O. The number of amides is 1. The first kappa shape index (κ1) is 17.5. The van der Waals surface area contributed by atoms with Crippen LogP contribution >= 0.6 is 0 Å². The maximum absolute atomic E-state index is 12.7. The van der Waals surface area contributed by atoms with Gasteiger partial charge in [-0.2, -0.15) is 17.9 Å². The molecule has 3 heterocycles. The molecule has 0 aliphatic heterocycles. The number of carbonyl (C=O) groups is 1. The molecule has 0 bridgehead atoms. The number of nitrogens with zero attached hydrogens (tertiary/aromatic N) is 6. The molecule has 0 aliphatic rings. The molecule has 0 saturated heterocycles. The number of alkyl halides is 3. The third-order valence-corrected chi connectivity index (χ3v) is 3.40. The zero-order valence-electron chi connectivity index (χ0n) is 13.2. The molecule has 11 heteroatoms. The van der Waals surface area contributed by atoms with Crippen LogP contribution in [-0.4, -0.2) is 42.6 Å². The van der Waals surface area contributed by atoms with Crippen molar-refractivity contribution < 1.29 is 18.0 Å². The maximum atomic E-state index is 12.7. The third kappa shape index (κ3) is 4.18. The van der Waals surface area contributed by atoms with Crippen LogP contribution < -0.4 is 5.32 Å². The number of hydrogen-bond donors (Lipinski definition) is 1. The zero-order valence-corrected chi connectivity index (χ0v) is 13.2. The standard InChI is InChI=1S/C15H12F3N7O/c16-15(17,18)10-3-5-19-11(7-10)4-6-20-14(26)13-2-1-12(8-21-13)25-9-22-23-24-25/h1-3,5,7-9H,4,6H2,(H,20,26). The van der Waals surface area contributed by atoms with Crippen LogP contribution in [0.1, 0.15) is 21.7 Å². The van der Waals surface area contributed by atoms with Gasteiger partial charge in [-0.3, -0.25) is 9.78 Å². The van der Waals surface area contributed by atoms with Crippen LogP contribution in [-0.2, 0) is 12.6 Å². The first-order valence-corrected chi connectivity index (χ1v) is 7.43. The molecule has 0 spiro atoms. The van der Waals surface area contributed by atoms with E-state index in [-0.39, 0.29) is 24.4 Å². The molecule has 1 amide bonds. The van der Waals surface area contributed by atoms with Gasteiger partial charge in [0.15, 0.2) is 0 Å². The van der Waals surface area contributed by atoms with Crippen LogP contribution in [0.2, 0.25) is 0 Å². The number of tetrazole rings is 1. The fourth-order valence-electron chi connectivity index (χ4n) is 2.12. The van der Waals surface area contributed by atoms with Crippen molar-refractivity contribution in [3.05, 3.63) is 59.9 Å². The first-order valence-electron chi connectivity index (χ1n) is 7.43. The highest BCUT2D eigenvalue weighted by molar-refractivity contribution is 5.92. The molecule has 134 valence electrons. The lowest BCUT2D eigenvalue weighted by Gasteiger charge is -2.08. The smallest absolute Gasteiger partial charge is 0.350 e. The molecule has 0 atom stereocenters. The third-order valence-electron chi connectivity index (χ3n) is 3.40. The minimum Gasteiger partial charge on any atom is -0.350 e. The monoisotopic (exact) mass is 363 g/mol. The molecule has 0 saturated carbocycles. The van der Waals surface area contributed by atoms with Gasteiger partial charge in [0.05, 0.1) is 17.4 Å². The number of halogens is 3. The van der Waals surface area contributed by atoms with E-state index >= 15 is 0 Å². The van der Waals surface area contributed by atoms with Gasteiger partial charge in [0.2, 0.25) is 0 Å². The molecule has 0 aliphatic carbocycles. The molecule has 1 N–H and O–H groups in total. The van der Waals surface area contributed by atoms with Crippen molar-refractivity contribution in [2.24, 2.45) is 0 Å². The molecule has 0 fully saturated rings. The van der Waals surface area contributed by atoms with Crippen molar-refractivity contribution in [1.29, 1.82) is 0 Å². The Bertz CT molecular complexity index is 879. The molecule has 26 heavy (non-hydrogen) atoms. The van der Waals surface area contributed by atoms with Crippen molar-refractivity contribution in [3.8, 4) is 5.69 Å². The topological polar surface area (TPSA) is 98.5 Å². The Morgan fingerprint density at radius 3 is 2.69 bits per heavy atom. The Kier molecular flexibility index (Phi) is 4.87. The summed E-state index contributed by atoms with van der Waals surface area (Å²) in [6.45, 7) is 0.129. The predicted molar refractivity (Wildman–Crippen MR) is 82.2 cm³/mol. The number of carbonyl (C=O) groups excluding carboxylic acids is 1. The second-order valence-electron chi connectivity index (χ2n) is 5.20. The first-order chi connectivity index (χ1) is 12.4. The van der Waals surface area contributed by atoms with Crippen molar-refractivity contribution in [1.82, 2.24) is 35.5 Å². The second-order valence-corrected chi connectivity index (χ2v) is 5.20. The van der Waals surface area contributed by atoms with E-state index in [1.54, 1.807) is 6.07 Å². The number of pyridine rings is 2. The minimum absolute atomic E-state index is 0.129. The fraction of sp³-hybridized carbons (Fsp3) is 0.200. The number of hydrogen-bond acceptors (Lipinski definition) is 6. The number of aromatic nitrogens is 6.